The molecule has 0 aliphatic heterocycles. The van der Waals surface area contributed by atoms with Crippen LogP contribution < -0.4 is 10.6 Å². The van der Waals surface area contributed by atoms with Crippen molar-refractivity contribution >= 4 is 21.4 Å². The first-order valence-electron chi connectivity index (χ1n) is 9.19. The van der Waals surface area contributed by atoms with Gasteiger partial charge in [-0.25, -0.2) is 13.4 Å². The molecule has 3 aromatic rings. The molecule has 0 fully saturated rings. The van der Waals surface area contributed by atoms with Crippen molar-refractivity contribution in [3.63, 3.8) is 0 Å². The van der Waals surface area contributed by atoms with E-state index in [1.54, 1.807) is 30.3 Å². The highest BCUT2D eigenvalue weighted by Gasteiger charge is 2.13. The number of fused-ring (bicyclic) bond motifs is 1. The fourth-order valence-corrected chi connectivity index (χ4v) is 4.04. The minimum Gasteiger partial charge on any atom is -0.357 e. The number of hydrogen-bond acceptors (Lipinski definition) is 5. The van der Waals surface area contributed by atoms with Gasteiger partial charge >= 0.3 is 0 Å². The van der Waals surface area contributed by atoms with Crippen LogP contribution in [0.3, 0.4) is 0 Å². The molecular formula is C19H24N6O2S. The van der Waals surface area contributed by atoms with E-state index in [0.717, 1.165) is 11.5 Å². The summed E-state index contributed by atoms with van der Waals surface area (Å²) in [5.41, 5.74) is 0.775. The maximum Gasteiger partial charge on any atom is 0.191 e. The summed E-state index contributed by atoms with van der Waals surface area (Å²) in [6.07, 6.45) is 2.38. The topological polar surface area (TPSA) is 101 Å². The third-order valence-electron chi connectivity index (χ3n) is 4.09. The molecule has 3 rings (SSSR count). The highest BCUT2D eigenvalue weighted by molar-refractivity contribution is 7.91. The molecule has 2 heterocycles. The lowest BCUT2D eigenvalue weighted by molar-refractivity contribution is 0.592. The smallest absolute Gasteiger partial charge is 0.191 e. The number of guanidine groups is 1. The number of sulfone groups is 1. The zero-order valence-electron chi connectivity index (χ0n) is 15.7. The van der Waals surface area contributed by atoms with E-state index in [-0.39, 0.29) is 5.75 Å². The van der Waals surface area contributed by atoms with Crippen molar-refractivity contribution in [1.82, 2.24) is 25.2 Å². The van der Waals surface area contributed by atoms with Gasteiger partial charge in [-0.2, -0.15) is 0 Å². The van der Waals surface area contributed by atoms with Gasteiger partial charge in [0.25, 0.3) is 0 Å². The van der Waals surface area contributed by atoms with E-state index in [2.05, 4.69) is 25.8 Å². The number of aromatic nitrogens is 3. The van der Waals surface area contributed by atoms with Crippen LogP contribution in [-0.4, -0.2) is 47.8 Å². The lowest BCUT2D eigenvalue weighted by atomic mass is 10.4. The second-order valence-corrected chi connectivity index (χ2v) is 8.26. The van der Waals surface area contributed by atoms with Gasteiger partial charge in [-0.3, -0.25) is 4.40 Å². The Labute approximate surface area is 164 Å². The lowest BCUT2D eigenvalue weighted by Crippen LogP contribution is -2.38. The number of hydrogen-bond donors (Lipinski definition) is 2. The molecule has 148 valence electrons. The van der Waals surface area contributed by atoms with Gasteiger partial charge in [-0.05, 0) is 37.6 Å². The first-order chi connectivity index (χ1) is 13.6. The molecular weight excluding hydrogens is 376 g/mol. The van der Waals surface area contributed by atoms with E-state index < -0.39 is 9.84 Å². The third kappa shape index (κ3) is 5.07. The summed E-state index contributed by atoms with van der Waals surface area (Å²) >= 11 is 0. The van der Waals surface area contributed by atoms with Crippen molar-refractivity contribution in [2.75, 3.05) is 18.8 Å². The summed E-state index contributed by atoms with van der Waals surface area (Å²) in [6, 6.07) is 14.2. The summed E-state index contributed by atoms with van der Waals surface area (Å²) in [5, 5.41) is 14.6. The Morgan fingerprint density at radius 2 is 1.86 bits per heavy atom. The predicted octanol–water partition coefficient (Wildman–Crippen LogP) is 1.65. The molecule has 0 saturated carbocycles. The Morgan fingerprint density at radius 1 is 1.07 bits per heavy atom. The van der Waals surface area contributed by atoms with Crippen LogP contribution in [0.1, 0.15) is 19.2 Å². The van der Waals surface area contributed by atoms with Crippen LogP contribution in [0, 0.1) is 0 Å². The van der Waals surface area contributed by atoms with E-state index in [9.17, 15) is 8.42 Å². The second-order valence-electron chi connectivity index (χ2n) is 6.15. The molecule has 0 bridgehead atoms. The van der Waals surface area contributed by atoms with E-state index in [1.165, 1.54) is 0 Å². The van der Waals surface area contributed by atoms with Crippen LogP contribution in [0.4, 0.5) is 0 Å². The molecule has 0 spiro atoms. The van der Waals surface area contributed by atoms with E-state index in [0.29, 0.717) is 36.9 Å². The maximum absolute atomic E-state index is 12.3. The largest absolute Gasteiger partial charge is 0.357 e. The highest BCUT2D eigenvalue weighted by atomic mass is 32.2. The van der Waals surface area contributed by atoms with Gasteiger partial charge in [0.15, 0.2) is 27.3 Å². The van der Waals surface area contributed by atoms with Crippen molar-refractivity contribution in [2.24, 2.45) is 4.99 Å². The van der Waals surface area contributed by atoms with Crippen LogP contribution in [0.25, 0.3) is 5.65 Å². The Balaban J connectivity index is 1.55. The average molecular weight is 401 g/mol. The normalized spacial score (nSPS) is 12.2. The van der Waals surface area contributed by atoms with Gasteiger partial charge in [0.1, 0.15) is 6.54 Å². The summed E-state index contributed by atoms with van der Waals surface area (Å²) < 4.78 is 26.5. The molecule has 0 aliphatic rings. The molecule has 0 saturated heterocycles. The number of nitrogens with one attached hydrogen (secondary N) is 2. The van der Waals surface area contributed by atoms with Crippen molar-refractivity contribution < 1.29 is 8.42 Å². The maximum atomic E-state index is 12.3. The van der Waals surface area contributed by atoms with Crippen LogP contribution in [0.2, 0.25) is 0 Å². The van der Waals surface area contributed by atoms with Crippen molar-refractivity contribution in [3.8, 4) is 0 Å². The Kier molecular flexibility index (Phi) is 6.59. The van der Waals surface area contributed by atoms with Gasteiger partial charge in [-0.15, -0.1) is 10.2 Å². The predicted molar refractivity (Wildman–Crippen MR) is 109 cm³/mol. The SMILES string of the molecule is CCNC(=NCc1nnc2ccccn12)NCCCS(=O)(=O)c1ccccc1. The molecule has 0 amide bonds. The van der Waals surface area contributed by atoms with Crippen LogP contribution >= 0.6 is 0 Å². The van der Waals surface area contributed by atoms with Crippen molar-refractivity contribution in [2.45, 2.75) is 24.8 Å². The van der Waals surface area contributed by atoms with Gasteiger partial charge in [0.2, 0.25) is 0 Å². The molecule has 2 aromatic heterocycles. The van der Waals surface area contributed by atoms with Crippen molar-refractivity contribution in [3.05, 3.63) is 60.6 Å². The number of nitrogens with zero attached hydrogens (tertiary/aromatic N) is 4. The number of benzene rings is 1. The molecule has 0 radical (unpaired) electrons. The van der Waals surface area contributed by atoms with Gasteiger partial charge < -0.3 is 10.6 Å². The Bertz CT molecular complexity index is 1030. The zero-order chi connectivity index (χ0) is 19.8. The minimum absolute atomic E-state index is 0.0816. The van der Waals surface area contributed by atoms with E-state index in [1.807, 2.05) is 35.7 Å². The standard InChI is InChI=1S/C19H24N6O2S/c1-2-20-19(22-15-18-24-23-17-11-6-7-13-25(17)18)21-12-8-14-28(26,27)16-9-4-3-5-10-16/h3-7,9-11,13H,2,8,12,14-15H2,1H3,(H2,20,21,22). The fourth-order valence-electron chi connectivity index (χ4n) is 2.70. The molecule has 28 heavy (non-hydrogen) atoms. The summed E-state index contributed by atoms with van der Waals surface area (Å²) in [4.78, 5) is 4.88. The molecule has 0 aliphatic carbocycles. The summed E-state index contributed by atoms with van der Waals surface area (Å²) in [7, 11) is -3.26. The van der Waals surface area contributed by atoms with Crippen molar-refractivity contribution in [1.29, 1.82) is 0 Å². The molecule has 0 atom stereocenters. The van der Waals surface area contributed by atoms with E-state index in [4.69, 9.17) is 0 Å². The summed E-state index contributed by atoms with van der Waals surface area (Å²) in [5.74, 6) is 1.44. The molecule has 2 N–H and O–H groups in total. The number of aliphatic imine (C=N–C) groups is 1. The minimum atomic E-state index is -3.26. The lowest BCUT2D eigenvalue weighted by Gasteiger charge is -2.11. The molecule has 1 aromatic carbocycles. The van der Waals surface area contributed by atoms with Gasteiger partial charge in [0.05, 0.1) is 10.6 Å². The van der Waals surface area contributed by atoms with Gasteiger partial charge in [-0.1, -0.05) is 24.3 Å². The van der Waals surface area contributed by atoms with Crippen LogP contribution in [0.15, 0.2) is 64.6 Å². The Hall–Kier alpha value is -2.94. The molecule has 0 unspecified atom stereocenters. The Morgan fingerprint density at radius 3 is 2.64 bits per heavy atom. The second kappa shape index (κ2) is 9.32. The van der Waals surface area contributed by atoms with Crippen LogP contribution in [0.5, 0.6) is 0 Å². The number of rotatable bonds is 8. The molecule has 8 nitrogen and oxygen atoms in total. The fraction of sp³-hybridized carbons (Fsp3) is 0.316. The zero-order valence-corrected chi connectivity index (χ0v) is 16.6. The highest BCUT2D eigenvalue weighted by Crippen LogP contribution is 2.10. The number of pyridine rings is 1. The average Bonchev–Trinajstić information content (AvgIpc) is 3.13. The monoisotopic (exact) mass is 400 g/mol. The summed E-state index contributed by atoms with van der Waals surface area (Å²) in [6.45, 7) is 3.54. The van der Waals surface area contributed by atoms with E-state index >= 15 is 0 Å². The van der Waals surface area contributed by atoms with Gasteiger partial charge in [0, 0.05) is 19.3 Å². The molecule has 9 heteroatoms. The first-order valence-corrected chi connectivity index (χ1v) is 10.8. The van der Waals surface area contributed by atoms with Crippen LogP contribution in [-0.2, 0) is 16.4 Å². The quantitative estimate of drug-likeness (QED) is 0.339. The first kappa shape index (κ1) is 19.8. The third-order valence-corrected chi connectivity index (χ3v) is 5.91.